The van der Waals surface area contributed by atoms with Crippen molar-refractivity contribution in [2.75, 3.05) is 46.0 Å². The summed E-state index contributed by atoms with van der Waals surface area (Å²) in [6, 6.07) is 0. The molecule has 1 aromatic heterocycles. The fraction of sp³-hybridized carbons (Fsp3) is 0.714. The third kappa shape index (κ3) is 2.87. The molecule has 134 valence electrons. The van der Waals surface area contributed by atoms with Gasteiger partial charge in [-0.05, 0) is 0 Å². The second-order valence-electron chi connectivity index (χ2n) is 5.80. The number of rotatable bonds is 6. The van der Waals surface area contributed by atoms with E-state index in [-0.39, 0.29) is 6.61 Å². The van der Waals surface area contributed by atoms with Gasteiger partial charge < -0.3 is 34.6 Å². The van der Waals surface area contributed by atoms with E-state index in [0.717, 1.165) is 0 Å². The first kappa shape index (κ1) is 17.1. The minimum Gasteiger partial charge on any atom is -0.394 e. The van der Waals surface area contributed by atoms with Crippen LogP contribution in [-0.2, 0) is 14.2 Å². The number of aliphatic hydroxyl groups excluding tert-OH is 2. The van der Waals surface area contributed by atoms with Crippen LogP contribution in [0.4, 0.5) is 5.82 Å². The van der Waals surface area contributed by atoms with Gasteiger partial charge >= 0.3 is 0 Å². The van der Waals surface area contributed by atoms with E-state index in [0.29, 0.717) is 37.2 Å². The fourth-order valence-electron chi connectivity index (χ4n) is 2.90. The van der Waals surface area contributed by atoms with Crippen LogP contribution in [0.15, 0.2) is 6.33 Å². The van der Waals surface area contributed by atoms with E-state index in [4.69, 9.17) is 19.6 Å². The van der Waals surface area contributed by atoms with Crippen molar-refractivity contribution in [2.24, 2.45) is 0 Å². The molecule has 0 spiro atoms. The number of anilines is 1. The third-order valence-corrected chi connectivity index (χ3v) is 4.25. The van der Waals surface area contributed by atoms with Gasteiger partial charge in [-0.3, -0.25) is 9.98 Å². The van der Waals surface area contributed by atoms with Gasteiger partial charge in [-0.2, -0.15) is 0 Å². The van der Waals surface area contributed by atoms with E-state index in [1.807, 2.05) is 0 Å². The lowest BCUT2D eigenvalue weighted by Crippen LogP contribution is -2.39. The minimum atomic E-state index is -0.972. The standard InChI is InChI=1S/C14H23N5O5/c1-18-6-17-13-9(12(18)15)16-7-19(13)14-11(23-4-3-22-2)10(21)8(5-20)24-14/h7-8,10-11,14-15,17,20-21H,3-6H2,1-2H3/t8-,10-,11-,14-/m1/s1. The number of hydrogen-bond donors (Lipinski definition) is 4. The normalized spacial score (nSPS) is 29.7. The third-order valence-electron chi connectivity index (χ3n) is 4.25. The van der Waals surface area contributed by atoms with Crippen molar-refractivity contribution in [3.8, 4) is 0 Å². The molecule has 0 amide bonds. The summed E-state index contributed by atoms with van der Waals surface area (Å²) in [5.74, 6) is 0.936. The fourth-order valence-corrected chi connectivity index (χ4v) is 2.90. The Hall–Kier alpha value is -1.72. The van der Waals surface area contributed by atoms with Crippen LogP contribution in [0.5, 0.6) is 0 Å². The quantitative estimate of drug-likeness (QED) is 0.476. The Balaban J connectivity index is 1.86. The summed E-state index contributed by atoms with van der Waals surface area (Å²) in [6.07, 6.45) is -1.50. The van der Waals surface area contributed by atoms with Gasteiger partial charge in [0.2, 0.25) is 0 Å². The molecule has 4 atom stereocenters. The molecule has 3 rings (SSSR count). The Morgan fingerprint density at radius 1 is 1.50 bits per heavy atom. The summed E-state index contributed by atoms with van der Waals surface area (Å²) < 4.78 is 18.2. The first-order valence-corrected chi connectivity index (χ1v) is 7.74. The molecule has 0 aliphatic carbocycles. The molecule has 2 aliphatic rings. The summed E-state index contributed by atoms with van der Waals surface area (Å²) in [5, 5.41) is 31.0. The zero-order chi connectivity index (χ0) is 17.3. The van der Waals surface area contributed by atoms with Crippen molar-refractivity contribution in [3.63, 3.8) is 0 Å². The molecule has 0 aromatic carbocycles. The number of nitrogens with one attached hydrogen (secondary N) is 2. The molecule has 1 fully saturated rings. The lowest BCUT2D eigenvalue weighted by molar-refractivity contribution is -0.0792. The first-order valence-electron chi connectivity index (χ1n) is 7.74. The molecule has 10 heteroatoms. The van der Waals surface area contributed by atoms with Crippen molar-refractivity contribution in [2.45, 2.75) is 24.5 Å². The predicted molar refractivity (Wildman–Crippen MR) is 83.9 cm³/mol. The Morgan fingerprint density at radius 3 is 3.00 bits per heavy atom. The first-order chi connectivity index (χ1) is 11.6. The Bertz CT molecular complexity index is 594. The van der Waals surface area contributed by atoms with Gasteiger partial charge in [0.05, 0.1) is 32.8 Å². The van der Waals surface area contributed by atoms with Crippen LogP contribution in [0.1, 0.15) is 11.9 Å². The van der Waals surface area contributed by atoms with Crippen LogP contribution >= 0.6 is 0 Å². The second kappa shape index (κ2) is 7.03. The highest BCUT2D eigenvalue weighted by atomic mass is 16.6. The van der Waals surface area contributed by atoms with Gasteiger partial charge in [-0.1, -0.05) is 0 Å². The van der Waals surface area contributed by atoms with Crippen molar-refractivity contribution >= 4 is 11.7 Å². The Kier molecular flexibility index (Phi) is 5.01. The largest absolute Gasteiger partial charge is 0.394 e. The number of ether oxygens (including phenoxy) is 3. The summed E-state index contributed by atoms with van der Waals surface area (Å²) in [6.45, 7) is 0.824. The van der Waals surface area contributed by atoms with Crippen LogP contribution in [0.25, 0.3) is 0 Å². The van der Waals surface area contributed by atoms with Gasteiger partial charge in [-0.25, -0.2) is 4.98 Å². The van der Waals surface area contributed by atoms with Gasteiger partial charge in [0, 0.05) is 14.2 Å². The van der Waals surface area contributed by atoms with Gasteiger partial charge in [0.15, 0.2) is 12.1 Å². The predicted octanol–water partition coefficient (Wildman–Crippen LogP) is -1.19. The lowest BCUT2D eigenvalue weighted by atomic mass is 10.1. The van der Waals surface area contributed by atoms with Crippen molar-refractivity contribution in [3.05, 3.63) is 12.0 Å². The van der Waals surface area contributed by atoms with E-state index in [1.54, 1.807) is 30.0 Å². The smallest absolute Gasteiger partial charge is 0.166 e. The van der Waals surface area contributed by atoms with Gasteiger partial charge in [-0.15, -0.1) is 0 Å². The highest BCUT2D eigenvalue weighted by Gasteiger charge is 2.46. The minimum absolute atomic E-state index is 0.291. The highest BCUT2D eigenvalue weighted by Crippen LogP contribution is 2.35. The monoisotopic (exact) mass is 341 g/mol. The molecule has 10 nitrogen and oxygen atoms in total. The maximum Gasteiger partial charge on any atom is 0.166 e. The van der Waals surface area contributed by atoms with Crippen molar-refractivity contribution in [1.82, 2.24) is 14.5 Å². The average Bonchev–Trinajstić information content (AvgIpc) is 3.13. The van der Waals surface area contributed by atoms with Gasteiger partial charge in [0.25, 0.3) is 0 Å². The van der Waals surface area contributed by atoms with E-state index in [1.165, 1.54) is 0 Å². The molecule has 4 N–H and O–H groups in total. The molecule has 1 aromatic rings. The summed E-state index contributed by atoms with van der Waals surface area (Å²) in [4.78, 5) is 6.00. The number of aliphatic hydroxyl groups is 2. The molecule has 1 saturated heterocycles. The van der Waals surface area contributed by atoms with Crippen molar-refractivity contribution < 1.29 is 24.4 Å². The van der Waals surface area contributed by atoms with Crippen LogP contribution in [0.2, 0.25) is 0 Å². The number of imidazole rings is 1. The highest BCUT2D eigenvalue weighted by molar-refractivity contribution is 6.00. The molecule has 2 aliphatic heterocycles. The van der Waals surface area contributed by atoms with Gasteiger partial charge in [0.1, 0.15) is 29.8 Å². The molecule has 3 heterocycles. The number of aromatic nitrogens is 2. The SMILES string of the molecule is COCCO[C@@H]1[C@H](O)[C@@H](CO)O[C@H]1n1cnc2c1NCN(C)C2=N. The number of amidine groups is 1. The number of nitrogens with zero attached hydrogens (tertiary/aromatic N) is 3. The topological polar surface area (TPSA) is 125 Å². The van der Waals surface area contributed by atoms with Crippen molar-refractivity contribution in [1.29, 1.82) is 5.41 Å². The lowest BCUT2D eigenvalue weighted by Gasteiger charge is -2.29. The van der Waals surface area contributed by atoms with Crippen LogP contribution in [-0.4, -0.2) is 89.5 Å². The molecule has 0 bridgehead atoms. The van der Waals surface area contributed by atoms with Crippen LogP contribution in [0.3, 0.4) is 0 Å². The summed E-state index contributed by atoms with van der Waals surface area (Å²) >= 11 is 0. The molecular weight excluding hydrogens is 318 g/mol. The van der Waals surface area contributed by atoms with E-state index < -0.39 is 24.5 Å². The molecular formula is C14H23N5O5. The maximum absolute atomic E-state index is 10.4. The molecule has 0 radical (unpaired) electrons. The molecule has 0 saturated carbocycles. The number of hydrogen-bond acceptors (Lipinski definition) is 8. The van der Waals surface area contributed by atoms with E-state index in [9.17, 15) is 10.2 Å². The Labute approximate surface area is 139 Å². The number of methoxy groups -OCH3 is 1. The second-order valence-corrected chi connectivity index (χ2v) is 5.80. The van der Waals surface area contributed by atoms with Crippen LogP contribution in [0, 0.1) is 5.41 Å². The zero-order valence-corrected chi connectivity index (χ0v) is 13.7. The number of fused-ring (bicyclic) bond motifs is 1. The maximum atomic E-state index is 10.4. The summed E-state index contributed by atoms with van der Waals surface area (Å²) in [5.41, 5.74) is 0.505. The molecule has 0 unspecified atom stereocenters. The molecule has 24 heavy (non-hydrogen) atoms. The van der Waals surface area contributed by atoms with Crippen LogP contribution < -0.4 is 5.32 Å². The van der Waals surface area contributed by atoms with E-state index in [2.05, 4.69) is 10.3 Å². The van der Waals surface area contributed by atoms with E-state index >= 15 is 0 Å². The Morgan fingerprint density at radius 2 is 2.29 bits per heavy atom. The average molecular weight is 341 g/mol. The zero-order valence-electron chi connectivity index (χ0n) is 13.7. The summed E-state index contributed by atoms with van der Waals surface area (Å²) in [7, 11) is 3.36.